The normalized spacial score (nSPS) is 13.9. The van der Waals surface area contributed by atoms with E-state index in [1.807, 2.05) is 24.3 Å². The van der Waals surface area contributed by atoms with Gasteiger partial charge in [0.2, 0.25) is 0 Å². The van der Waals surface area contributed by atoms with Gasteiger partial charge in [0.1, 0.15) is 10.5 Å². The lowest BCUT2D eigenvalue weighted by molar-refractivity contribution is 0.960. The summed E-state index contributed by atoms with van der Waals surface area (Å²) in [7, 11) is 0. The third-order valence-corrected chi connectivity index (χ3v) is 5.46. The van der Waals surface area contributed by atoms with Gasteiger partial charge in [0.25, 0.3) is 5.56 Å². The lowest BCUT2D eigenvalue weighted by Gasteiger charge is -2.06. The van der Waals surface area contributed by atoms with Gasteiger partial charge in [-0.15, -0.1) is 23.7 Å². The molecule has 0 aliphatic carbocycles. The van der Waals surface area contributed by atoms with E-state index < -0.39 is 0 Å². The molecule has 0 amide bonds. The Kier molecular flexibility index (Phi) is 3.55. The lowest BCUT2D eigenvalue weighted by atomic mass is 10.0. The van der Waals surface area contributed by atoms with Crippen molar-refractivity contribution in [2.45, 2.75) is 0 Å². The van der Waals surface area contributed by atoms with Crippen LogP contribution in [0.15, 0.2) is 52.3 Å². The number of hydrogen-bond acceptors (Lipinski definition) is 4. The maximum atomic E-state index is 12.4. The van der Waals surface area contributed by atoms with E-state index in [0.717, 1.165) is 55.6 Å². The molecular formula is C18H14ClN3OS. The second-order valence-corrected chi connectivity index (χ2v) is 6.73. The number of benzene rings is 2. The number of aliphatic imine (C=N–C) groups is 1. The van der Waals surface area contributed by atoms with Crippen LogP contribution in [0.5, 0.6) is 0 Å². The fraction of sp³-hybridized carbons (Fsp3) is 0.111. The maximum Gasteiger partial charge on any atom is 0.266 e. The predicted molar refractivity (Wildman–Crippen MR) is 104 cm³/mol. The number of aromatic nitrogens is 1. The number of pyridine rings is 1. The molecule has 120 valence electrons. The summed E-state index contributed by atoms with van der Waals surface area (Å²) in [6.45, 7) is 1.70. The number of aromatic amines is 1. The van der Waals surface area contributed by atoms with E-state index in [0.29, 0.717) is 0 Å². The van der Waals surface area contributed by atoms with Crippen LogP contribution in [0.4, 0.5) is 0 Å². The molecule has 2 N–H and O–H groups in total. The lowest BCUT2D eigenvalue weighted by Crippen LogP contribution is -2.19. The summed E-state index contributed by atoms with van der Waals surface area (Å²) in [6, 6.07) is 14.3. The third-order valence-electron chi connectivity index (χ3n) is 4.29. The first-order chi connectivity index (χ1) is 11.3. The van der Waals surface area contributed by atoms with Gasteiger partial charge in [-0.2, -0.15) is 0 Å². The number of hydrogen-bond donors (Lipinski definition) is 2. The van der Waals surface area contributed by atoms with E-state index >= 15 is 0 Å². The molecule has 0 radical (unpaired) electrons. The summed E-state index contributed by atoms with van der Waals surface area (Å²) in [6.07, 6.45) is 0. The topological polar surface area (TPSA) is 57.2 Å². The van der Waals surface area contributed by atoms with Gasteiger partial charge >= 0.3 is 0 Å². The summed E-state index contributed by atoms with van der Waals surface area (Å²) in [4.78, 5) is 19.9. The summed E-state index contributed by atoms with van der Waals surface area (Å²) >= 11 is 1.55. The Bertz CT molecular complexity index is 1180. The highest BCUT2D eigenvalue weighted by molar-refractivity contribution is 7.26. The molecule has 1 aliphatic rings. The molecule has 2 aromatic heterocycles. The summed E-state index contributed by atoms with van der Waals surface area (Å²) in [5.41, 5.74) is 1.92. The van der Waals surface area contributed by atoms with Gasteiger partial charge in [-0.25, -0.2) is 0 Å². The highest BCUT2D eigenvalue weighted by Gasteiger charge is 2.14. The van der Waals surface area contributed by atoms with E-state index in [9.17, 15) is 4.79 Å². The fourth-order valence-electron chi connectivity index (χ4n) is 3.25. The van der Waals surface area contributed by atoms with Crippen molar-refractivity contribution < 1.29 is 0 Å². The van der Waals surface area contributed by atoms with Crippen molar-refractivity contribution in [3.05, 3.63) is 58.4 Å². The zero-order valence-corrected chi connectivity index (χ0v) is 14.3. The molecule has 0 atom stereocenters. The van der Waals surface area contributed by atoms with Crippen LogP contribution in [-0.2, 0) is 0 Å². The molecule has 0 unspecified atom stereocenters. The summed E-state index contributed by atoms with van der Waals surface area (Å²) in [5.74, 6) is 0.936. The Balaban J connectivity index is 0.00000146. The van der Waals surface area contributed by atoms with Crippen LogP contribution in [0.1, 0.15) is 5.56 Å². The minimum Gasteiger partial charge on any atom is -0.368 e. The molecule has 3 heterocycles. The predicted octanol–water partition coefficient (Wildman–Crippen LogP) is 3.67. The zero-order valence-electron chi connectivity index (χ0n) is 12.6. The van der Waals surface area contributed by atoms with Crippen LogP contribution in [0.3, 0.4) is 0 Å². The number of nitrogens with zero attached hydrogens (tertiary/aromatic N) is 1. The number of amidine groups is 1. The molecule has 1 aliphatic heterocycles. The Hall–Kier alpha value is -2.37. The van der Waals surface area contributed by atoms with Gasteiger partial charge in [0.05, 0.1) is 6.54 Å². The van der Waals surface area contributed by atoms with E-state index in [-0.39, 0.29) is 18.0 Å². The van der Waals surface area contributed by atoms with Gasteiger partial charge in [-0.1, -0.05) is 18.2 Å². The Morgan fingerprint density at radius 3 is 2.79 bits per heavy atom. The van der Waals surface area contributed by atoms with Gasteiger partial charge in [-0.3, -0.25) is 9.79 Å². The largest absolute Gasteiger partial charge is 0.368 e. The van der Waals surface area contributed by atoms with E-state index in [1.165, 1.54) is 0 Å². The number of nitrogens with one attached hydrogen (secondary N) is 2. The average molecular weight is 356 g/mol. The van der Waals surface area contributed by atoms with Crippen molar-refractivity contribution in [3.8, 4) is 0 Å². The molecule has 5 rings (SSSR count). The molecule has 0 spiro atoms. The number of H-pyrrole nitrogens is 1. The van der Waals surface area contributed by atoms with Crippen LogP contribution in [0.25, 0.3) is 31.1 Å². The van der Waals surface area contributed by atoms with Gasteiger partial charge in [-0.05, 0) is 24.3 Å². The van der Waals surface area contributed by atoms with Crippen molar-refractivity contribution in [2.75, 3.05) is 13.1 Å². The van der Waals surface area contributed by atoms with Crippen LogP contribution in [0.2, 0.25) is 0 Å². The molecule has 2 aromatic carbocycles. The second-order valence-electron chi connectivity index (χ2n) is 5.67. The first kappa shape index (κ1) is 15.2. The quantitative estimate of drug-likeness (QED) is 0.547. The minimum atomic E-state index is -0.0159. The SMILES string of the molecule is Cl.O=c1[nH]c2ccc(C3=NCCN3)cc2c2c1sc1ccccc12. The molecule has 4 aromatic rings. The Morgan fingerprint density at radius 2 is 1.96 bits per heavy atom. The van der Waals surface area contributed by atoms with Crippen molar-refractivity contribution in [1.82, 2.24) is 10.3 Å². The van der Waals surface area contributed by atoms with E-state index in [1.54, 1.807) is 11.3 Å². The number of fused-ring (bicyclic) bond motifs is 5. The summed E-state index contributed by atoms with van der Waals surface area (Å²) < 4.78 is 1.93. The molecule has 0 fully saturated rings. The Labute approximate surface area is 147 Å². The van der Waals surface area contributed by atoms with Crippen LogP contribution in [-0.4, -0.2) is 23.9 Å². The van der Waals surface area contributed by atoms with Gasteiger partial charge in [0, 0.05) is 38.5 Å². The number of thiophene rings is 1. The van der Waals surface area contributed by atoms with E-state index in [2.05, 4.69) is 33.5 Å². The standard InChI is InChI=1S/C18H13N3OS.ClH/c22-18-16-15(11-3-1-2-4-14(11)23-16)12-9-10(5-6-13(12)21-18)17-19-7-8-20-17;/h1-6,9H,7-8H2,(H,19,20)(H,21,22);1H. The number of halogens is 1. The summed E-state index contributed by atoms with van der Waals surface area (Å²) in [5, 5.41) is 6.57. The van der Waals surface area contributed by atoms with Crippen LogP contribution < -0.4 is 10.9 Å². The number of rotatable bonds is 1. The molecule has 0 saturated heterocycles. The maximum absolute atomic E-state index is 12.4. The van der Waals surface area contributed by atoms with Crippen LogP contribution >= 0.6 is 23.7 Å². The first-order valence-electron chi connectivity index (χ1n) is 7.57. The monoisotopic (exact) mass is 355 g/mol. The average Bonchev–Trinajstić information content (AvgIpc) is 3.23. The molecule has 0 saturated carbocycles. The molecule has 0 bridgehead atoms. The molecular weight excluding hydrogens is 342 g/mol. The van der Waals surface area contributed by atoms with Crippen molar-refractivity contribution in [1.29, 1.82) is 0 Å². The molecule has 4 nitrogen and oxygen atoms in total. The van der Waals surface area contributed by atoms with E-state index in [4.69, 9.17) is 0 Å². The van der Waals surface area contributed by atoms with Crippen molar-refractivity contribution >= 4 is 60.7 Å². The molecule has 24 heavy (non-hydrogen) atoms. The van der Waals surface area contributed by atoms with Gasteiger partial charge in [0.15, 0.2) is 0 Å². The smallest absolute Gasteiger partial charge is 0.266 e. The van der Waals surface area contributed by atoms with Crippen LogP contribution in [0, 0.1) is 0 Å². The third kappa shape index (κ3) is 2.12. The van der Waals surface area contributed by atoms with Crippen molar-refractivity contribution in [2.24, 2.45) is 4.99 Å². The fourth-order valence-corrected chi connectivity index (χ4v) is 4.36. The first-order valence-corrected chi connectivity index (χ1v) is 8.39. The van der Waals surface area contributed by atoms with Gasteiger partial charge < -0.3 is 10.3 Å². The zero-order chi connectivity index (χ0) is 15.4. The highest BCUT2D eigenvalue weighted by Crippen LogP contribution is 2.35. The van der Waals surface area contributed by atoms with Crippen molar-refractivity contribution in [3.63, 3.8) is 0 Å². The molecule has 6 heteroatoms. The second kappa shape index (κ2) is 5.61. The minimum absolute atomic E-state index is 0. The Morgan fingerprint density at radius 1 is 1.08 bits per heavy atom. The highest BCUT2D eigenvalue weighted by atomic mass is 35.5.